The van der Waals surface area contributed by atoms with E-state index < -0.39 is 18.4 Å². The Bertz CT molecular complexity index is 1180. The van der Waals surface area contributed by atoms with E-state index in [0.717, 1.165) is 40.7 Å². The average molecular weight is 458 g/mol. The van der Waals surface area contributed by atoms with Crippen molar-refractivity contribution in [3.63, 3.8) is 0 Å². The molecular formula is C26H29F2NO4. The third kappa shape index (κ3) is 3.63. The Kier molecular flexibility index (Phi) is 5.67. The van der Waals surface area contributed by atoms with Crippen molar-refractivity contribution in [2.24, 2.45) is 5.41 Å². The summed E-state index contributed by atoms with van der Waals surface area (Å²) in [5, 5.41) is 30.8. The number of aliphatic hydroxyl groups excluding tert-OH is 1. The Morgan fingerprint density at radius 2 is 1.82 bits per heavy atom. The molecule has 0 bridgehead atoms. The molecule has 2 aromatic carbocycles. The third-order valence-corrected chi connectivity index (χ3v) is 7.56. The first-order valence-electron chi connectivity index (χ1n) is 11.5. The number of hydrogen-bond acceptors (Lipinski definition) is 4. The number of phenols is 1. The quantitative estimate of drug-likeness (QED) is 0.480. The maximum Gasteiger partial charge on any atom is 0.159 e. The van der Waals surface area contributed by atoms with Gasteiger partial charge in [0.15, 0.2) is 6.29 Å². The van der Waals surface area contributed by atoms with Gasteiger partial charge in [0, 0.05) is 35.9 Å². The Morgan fingerprint density at radius 3 is 2.45 bits per heavy atom. The summed E-state index contributed by atoms with van der Waals surface area (Å²) in [4.78, 5) is 0. The van der Waals surface area contributed by atoms with Crippen LogP contribution in [-0.2, 0) is 4.74 Å². The van der Waals surface area contributed by atoms with Crippen LogP contribution in [0, 0.1) is 18.2 Å². The van der Waals surface area contributed by atoms with Gasteiger partial charge in [0.2, 0.25) is 0 Å². The van der Waals surface area contributed by atoms with Crippen molar-refractivity contribution in [1.29, 1.82) is 0 Å². The number of hydrogen-bond donors (Lipinski definition) is 3. The van der Waals surface area contributed by atoms with Gasteiger partial charge in [-0.15, -0.1) is 0 Å². The highest BCUT2D eigenvalue weighted by atomic mass is 19.1. The molecular weight excluding hydrogens is 428 g/mol. The molecule has 2 heterocycles. The van der Waals surface area contributed by atoms with Gasteiger partial charge in [-0.1, -0.05) is 0 Å². The second-order valence-corrected chi connectivity index (χ2v) is 9.63. The number of benzene rings is 2. The number of aromatic nitrogens is 1. The standard InChI is InChI=1S/C26H29F2NO4/c1-15-10-18(2-4-21(15)28)29-22-5-3-19(30)11-20(22)23(24(29)16-6-8-33-9-7-16)17-12-26(13-17,14-27)25(31)32/h2-5,10-11,16-17,25,30-32H,6-9,12-14H2,1H3/t17-,26-. The second-order valence-electron chi connectivity index (χ2n) is 9.63. The van der Waals surface area contributed by atoms with Crippen molar-refractivity contribution in [1.82, 2.24) is 4.57 Å². The summed E-state index contributed by atoms with van der Waals surface area (Å²) in [6.07, 6.45) is 0.549. The van der Waals surface area contributed by atoms with Crippen LogP contribution in [0.3, 0.4) is 0 Å². The lowest BCUT2D eigenvalue weighted by Gasteiger charge is -2.47. The molecule has 33 heavy (non-hydrogen) atoms. The van der Waals surface area contributed by atoms with Gasteiger partial charge in [0.25, 0.3) is 0 Å². The van der Waals surface area contributed by atoms with Crippen molar-refractivity contribution >= 4 is 10.9 Å². The van der Waals surface area contributed by atoms with Crippen molar-refractivity contribution in [3.8, 4) is 11.4 Å². The number of aryl methyl sites for hydroxylation is 1. The van der Waals surface area contributed by atoms with Crippen LogP contribution < -0.4 is 0 Å². The SMILES string of the molecule is Cc1cc(-n2c(C3CCOCC3)c([C@H]3C[C@](CF)(C(O)O)C3)c3cc(O)ccc32)ccc1F. The maximum absolute atomic E-state index is 14.1. The van der Waals surface area contributed by atoms with Crippen LogP contribution in [-0.4, -0.2) is 46.1 Å². The highest BCUT2D eigenvalue weighted by molar-refractivity contribution is 5.89. The van der Waals surface area contributed by atoms with E-state index >= 15 is 0 Å². The van der Waals surface area contributed by atoms with E-state index in [2.05, 4.69) is 4.57 Å². The Labute approximate surface area is 191 Å². The fourth-order valence-electron chi connectivity index (χ4n) is 5.69. The van der Waals surface area contributed by atoms with E-state index in [0.29, 0.717) is 31.6 Å². The fourth-order valence-corrected chi connectivity index (χ4v) is 5.69. The molecule has 176 valence electrons. The molecule has 3 N–H and O–H groups in total. The van der Waals surface area contributed by atoms with Gasteiger partial charge in [-0.25, -0.2) is 4.39 Å². The number of alkyl halides is 1. The highest BCUT2D eigenvalue weighted by Crippen LogP contribution is 2.57. The number of ether oxygens (including phenoxy) is 1. The zero-order valence-corrected chi connectivity index (χ0v) is 18.6. The van der Waals surface area contributed by atoms with Crippen LogP contribution in [0.25, 0.3) is 16.6 Å². The predicted octanol–water partition coefficient (Wildman–Crippen LogP) is 4.82. The third-order valence-electron chi connectivity index (χ3n) is 7.56. The number of fused-ring (bicyclic) bond motifs is 1. The Morgan fingerprint density at radius 1 is 1.09 bits per heavy atom. The first-order chi connectivity index (χ1) is 15.8. The van der Waals surface area contributed by atoms with E-state index in [1.54, 1.807) is 25.1 Å². The lowest BCUT2D eigenvalue weighted by molar-refractivity contribution is -0.180. The number of nitrogens with zero attached hydrogens (tertiary/aromatic N) is 1. The summed E-state index contributed by atoms with van der Waals surface area (Å²) >= 11 is 0. The number of aliphatic hydroxyl groups is 2. The summed E-state index contributed by atoms with van der Waals surface area (Å²) in [7, 11) is 0. The highest BCUT2D eigenvalue weighted by Gasteiger charge is 2.51. The van der Waals surface area contributed by atoms with Crippen molar-refractivity contribution < 1.29 is 28.8 Å². The van der Waals surface area contributed by atoms with E-state index in [9.17, 15) is 24.1 Å². The molecule has 7 heteroatoms. The Balaban J connectivity index is 1.74. The number of rotatable bonds is 5. The van der Waals surface area contributed by atoms with Crippen LogP contribution in [0.4, 0.5) is 8.78 Å². The van der Waals surface area contributed by atoms with Crippen molar-refractivity contribution in [2.75, 3.05) is 19.9 Å². The van der Waals surface area contributed by atoms with E-state index in [4.69, 9.17) is 4.74 Å². The monoisotopic (exact) mass is 457 g/mol. The molecule has 0 atom stereocenters. The molecule has 2 aliphatic rings. The van der Waals surface area contributed by atoms with Crippen LogP contribution in [0.5, 0.6) is 5.75 Å². The maximum atomic E-state index is 14.1. The molecule has 5 rings (SSSR count). The molecule has 0 radical (unpaired) electrons. The molecule has 0 spiro atoms. The minimum absolute atomic E-state index is 0.0764. The van der Waals surface area contributed by atoms with Gasteiger partial charge in [0.05, 0.1) is 17.6 Å². The number of halogens is 2. The minimum atomic E-state index is -1.72. The van der Waals surface area contributed by atoms with E-state index in [-0.39, 0.29) is 23.4 Å². The lowest BCUT2D eigenvalue weighted by atomic mass is 9.59. The predicted molar refractivity (Wildman–Crippen MR) is 121 cm³/mol. The van der Waals surface area contributed by atoms with Crippen LogP contribution in [0.1, 0.15) is 54.3 Å². The van der Waals surface area contributed by atoms with Gasteiger partial charge < -0.3 is 24.6 Å². The van der Waals surface area contributed by atoms with Gasteiger partial charge in [-0.2, -0.15) is 0 Å². The Hall–Kier alpha value is -2.48. The molecule has 1 aliphatic heterocycles. The molecule has 2 fully saturated rings. The molecule has 5 nitrogen and oxygen atoms in total. The lowest BCUT2D eigenvalue weighted by Crippen LogP contribution is -2.47. The zero-order chi connectivity index (χ0) is 23.3. The first-order valence-corrected chi connectivity index (χ1v) is 11.5. The van der Waals surface area contributed by atoms with Crippen LogP contribution >= 0.6 is 0 Å². The molecule has 1 saturated heterocycles. The summed E-state index contributed by atoms with van der Waals surface area (Å²) in [5.74, 6) is -0.0436. The topological polar surface area (TPSA) is 74.9 Å². The van der Waals surface area contributed by atoms with Crippen molar-refractivity contribution in [3.05, 3.63) is 59.0 Å². The summed E-state index contributed by atoms with van der Waals surface area (Å²) in [6, 6.07) is 10.3. The summed E-state index contributed by atoms with van der Waals surface area (Å²) in [6.45, 7) is 2.20. The van der Waals surface area contributed by atoms with Crippen LogP contribution in [0.2, 0.25) is 0 Å². The minimum Gasteiger partial charge on any atom is -0.508 e. The zero-order valence-electron chi connectivity index (χ0n) is 18.6. The largest absolute Gasteiger partial charge is 0.508 e. The van der Waals surface area contributed by atoms with Gasteiger partial charge in [-0.05, 0) is 86.1 Å². The van der Waals surface area contributed by atoms with E-state index in [1.165, 1.54) is 6.07 Å². The first kappa shape index (κ1) is 22.3. The van der Waals surface area contributed by atoms with Gasteiger partial charge in [0.1, 0.15) is 11.6 Å². The van der Waals surface area contributed by atoms with Gasteiger partial charge >= 0.3 is 0 Å². The summed E-state index contributed by atoms with van der Waals surface area (Å²) in [5.41, 5.74) is 3.17. The molecule has 1 aromatic heterocycles. The van der Waals surface area contributed by atoms with Crippen LogP contribution in [0.15, 0.2) is 36.4 Å². The fraction of sp³-hybridized carbons (Fsp3) is 0.462. The molecule has 1 saturated carbocycles. The second kappa shape index (κ2) is 8.38. The van der Waals surface area contributed by atoms with E-state index in [1.807, 2.05) is 12.1 Å². The normalized spacial score (nSPS) is 23.9. The molecule has 0 amide bonds. The molecule has 1 aliphatic carbocycles. The number of phenolic OH excluding ortho intramolecular Hbond substituents is 1. The van der Waals surface area contributed by atoms with Gasteiger partial charge in [-0.3, -0.25) is 4.39 Å². The van der Waals surface area contributed by atoms with Crippen molar-refractivity contribution in [2.45, 2.75) is 50.7 Å². The molecule has 3 aromatic rings. The average Bonchev–Trinajstić information content (AvgIpc) is 3.10. The smallest absolute Gasteiger partial charge is 0.159 e. The number of aromatic hydroxyl groups is 1. The summed E-state index contributed by atoms with van der Waals surface area (Å²) < 4.78 is 35.6. The molecule has 0 unspecified atom stereocenters.